The van der Waals surface area contributed by atoms with Crippen molar-refractivity contribution in [1.29, 1.82) is 0 Å². The van der Waals surface area contributed by atoms with E-state index >= 15 is 0 Å². The molecular weight excluding hydrogens is 410 g/mol. The topological polar surface area (TPSA) is 74.5 Å². The number of likely N-dealkylation sites (N-methyl/N-ethyl adjacent to an activating group) is 1. The molecular formula is C23H29N5O2S. The molecule has 0 radical (unpaired) electrons. The monoisotopic (exact) mass is 439 g/mol. The highest BCUT2D eigenvalue weighted by atomic mass is 32.1. The highest BCUT2D eigenvalue weighted by Gasteiger charge is 2.25. The number of benzene rings is 1. The average molecular weight is 440 g/mol. The molecule has 1 unspecified atom stereocenters. The molecule has 0 aliphatic carbocycles. The van der Waals surface area contributed by atoms with E-state index in [0.717, 1.165) is 38.2 Å². The first-order chi connectivity index (χ1) is 15.2. The second kappa shape index (κ2) is 10.7. The number of hydrogen-bond donors (Lipinski definition) is 1. The van der Waals surface area contributed by atoms with Crippen LogP contribution in [0.2, 0.25) is 0 Å². The maximum absolute atomic E-state index is 12.2. The average Bonchev–Trinajstić information content (AvgIpc) is 3.48. The standard InChI is InChI=1S/C23H29N5O2S/c1-27-13-14-28(20(16-27)18-6-3-2-4-7-18)12-5-11-24-21(29)8-9-22-25-26-23(30-22)19-10-15-31-17-19/h2-4,6-7,10,15,17,20H,5,8-9,11-14,16H2,1H3,(H,24,29). The van der Waals surface area contributed by atoms with Gasteiger partial charge in [0.1, 0.15) is 0 Å². The van der Waals surface area contributed by atoms with Gasteiger partial charge < -0.3 is 14.6 Å². The van der Waals surface area contributed by atoms with Crippen molar-refractivity contribution in [3.05, 3.63) is 58.6 Å². The van der Waals surface area contributed by atoms with Crippen LogP contribution in [0.15, 0.2) is 51.6 Å². The lowest BCUT2D eigenvalue weighted by Crippen LogP contribution is -2.47. The number of aryl methyl sites for hydroxylation is 1. The number of amides is 1. The zero-order chi connectivity index (χ0) is 21.5. The quantitative estimate of drug-likeness (QED) is 0.516. The lowest BCUT2D eigenvalue weighted by molar-refractivity contribution is -0.121. The molecule has 0 saturated carbocycles. The number of hydrogen-bond acceptors (Lipinski definition) is 7. The Balaban J connectivity index is 1.18. The minimum absolute atomic E-state index is 0.0215. The Bertz CT molecular complexity index is 944. The van der Waals surface area contributed by atoms with E-state index in [4.69, 9.17) is 4.42 Å². The summed E-state index contributed by atoms with van der Waals surface area (Å²) in [5.41, 5.74) is 2.28. The van der Waals surface area contributed by atoms with Gasteiger partial charge in [-0.2, -0.15) is 11.3 Å². The van der Waals surface area contributed by atoms with Crippen molar-refractivity contribution in [2.75, 3.05) is 39.8 Å². The third kappa shape index (κ3) is 6.00. The maximum Gasteiger partial charge on any atom is 0.248 e. The first kappa shape index (κ1) is 21.7. The van der Waals surface area contributed by atoms with E-state index in [1.54, 1.807) is 11.3 Å². The van der Waals surface area contributed by atoms with Crippen LogP contribution in [0.25, 0.3) is 11.5 Å². The van der Waals surface area contributed by atoms with Gasteiger partial charge in [0.25, 0.3) is 0 Å². The van der Waals surface area contributed by atoms with Gasteiger partial charge in [-0.05, 0) is 30.5 Å². The summed E-state index contributed by atoms with van der Waals surface area (Å²) in [6, 6.07) is 13.0. The SMILES string of the molecule is CN1CCN(CCCNC(=O)CCc2nnc(-c3ccsc3)o2)C(c2ccccc2)C1. The number of piperazine rings is 1. The van der Waals surface area contributed by atoms with Crippen molar-refractivity contribution in [1.82, 2.24) is 25.3 Å². The molecule has 1 fully saturated rings. The summed E-state index contributed by atoms with van der Waals surface area (Å²) in [7, 11) is 2.18. The lowest BCUT2D eigenvalue weighted by atomic mass is 10.0. The molecule has 0 spiro atoms. The minimum atomic E-state index is 0.0215. The molecule has 3 heterocycles. The van der Waals surface area contributed by atoms with E-state index in [-0.39, 0.29) is 5.91 Å². The molecule has 164 valence electrons. The van der Waals surface area contributed by atoms with Crippen molar-refractivity contribution in [3.8, 4) is 11.5 Å². The van der Waals surface area contributed by atoms with Crippen LogP contribution in [0.5, 0.6) is 0 Å². The smallest absolute Gasteiger partial charge is 0.248 e. The van der Waals surface area contributed by atoms with E-state index in [1.165, 1.54) is 5.56 Å². The van der Waals surface area contributed by atoms with Crippen LogP contribution in [0.1, 0.15) is 30.3 Å². The van der Waals surface area contributed by atoms with Gasteiger partial charge in [-0.15, -0.1) is 10.2 Å². The van der Waals surface area contributed by atoms with Gasteiger partial charge in [-0.3, -0.25) is 9.69 Å². The third-order valence-electron chi connectivity index (χ3n) is 5.62. The predicted molar refractivity (Wildman–Crippen MR) is 122 cm³/mol. The van der Waals surface area contributed by atoms with Crippen molar-refractivity contribution < 1.29 is 9.21 Å². The zero-order valence-electron chi connectivity index (χ0n) is 17.9. The maximum atomic E-state index is 12.2. The van der Waals surface area contributed by atoms with Crippen LogP contribution in [-0.4, -0.2) is 65.7 Å². The third-order valence-corrected chi connectivity index (χ3v) is 6.31. The number of rotatable bonds is 9. The molecule has 1 aliphatic rings. The summed E-state index contributed by atoms with van der Waals surface area (Å²) in [6.45, 7) is 4.81. The van der Waals surface area contributed by atoms with Crippen LogP contribution >= 0.6 is 11.3 Å². The Morgan fingerprint density at radius 3 is 2.90 bits per heavy atom. The van der Waals surface area contributed by atoms with Gasteiger partial charge in [0.05, 0.1) is 0 Å². The van der Waals surface area contributed by atoms with E-state index in [1.807, 2.05) is 16.8 Å². The molecule has 31 heavy (non-hydrogen) atoms. The summed E-state index contributed by atoms with van der Waals surface area (Å²) >= 11 is 1.58. The molecule has 1 N–H and O–H groups in total. The first-order valence-electron chi connectivity index (χ1n) is 10.8. The van der Waals surface area contributed by atoms with E-state index < -0.39 is 0 Å². The second-order valence-corrected chi connectivity index (χ2v) is 8.72. The largest absolute Gasteiger partial charge is 0.421 e. The highest BCUT2D eigenvalue weighted by molar-refractivity contribution is 7.08. The summed E-state index contributed by atoms with van der Waals surface area (Å²) < 4.78 is 5.64. The summed E-state index contributed by atoms with van der Waals surface area (Å²) in [5.74, 6) is 1.03. The van der Waals surface area contributed by atoms with Crippen LogP contribution in [-0.2, 0) is 11.2 Å². The second-order valence-electron chi connectivity index (χ2n) is 7.94. The van der Waals surface area contributed by atoms with E-state index in [9.17, 15) is 4.79 Å². The molecule has 8 heteroatoms. The molecule has 1 atom stereocenters. The van der Waals surface area contributed by atoms with E-state index in [2.05, 4.69) is 62.7 Å². The van der Waals surface area contributed by atoms with Crippen molar-refractivity contribution >= 4 is 17.2 Å². The van der Waals surface area contributed by atoms with Gasteiger partial charge in [0.15, 0.2) is 0 Å². The fourth-order valence-corrected chi connectivity index (χ4v) is 4.52. The fourth-order valence-electron chi connectivity index (χ4n) is 3.89. The molecule has 7 nitrogen and oxygen atoms in total. The van der Waals surface area contributed by atoms with Crippen LogP contribution in [0.4, 0.5) is 0 Å². The number of aromatic nitrogens is 2. The molecule has 1 saturated heterocycles. The van der Waals surface area contributed by atoms with Crippen LogP contribution in [0.3, 0.4) is 0 Å². The Morgan fingerprint density at radius 1 is 1.23 bits per heavy atom. The Labute approximate surface area is 187 Å². The number of nitrogens with zero attached hydrogens (tertiary/aromatic N) is 4. The number of thiophene rings is 1. The van der Waals surface area contributed by atoms with E-state index in [0.29, 0.717) is 37.2 Å². The number of carbonyl (C=O) groups excluding carboxylic acids is 1. The van der Waals surface area contributed by atoms with Crippen molar-refractivity contribution in [3.63, 3.8) is 0 Å². The Kier molecular flexibility index (Phi) is 7.45. The van der Waals surface area contributed by atoms with Gasteiger partial charge in [-0.1, -0.05) is 30.3 Å². The predicted octanol–water partition coefficient (Wildman–Crippen LogP) is 3.23. The number of nitrogens with one attached hydrogen (secondary N) is 1. The molecule has 0 bridgehead atoms. The first-order valence-corrected chi connectivity index (χ1v) is 11.7. The van der Waals surface area contributed by atoms with Crippen molar-refractivity contribution in [2.24, 2.45) is 0 Å². The lowest BCUT2D eigenvalue weighted by Gasteiger charge is -2.40. The Hall–Kier alpha value is -2.55. The molecule has 3 aromatic rings. The molecule has 1 aromatic carbocycles. The summed E-state index contributed by atoms with van der Waals surface area (Å²) in [6.07, 6.45) is 1.74. The van der Waals surface area contributed by atoms with Gasteiger partial charge >= 0.3 is 0 Å². The molecule has 4 rings (SSSR count). The van der Waals surface area contributed by atoms with Crippen molar-refractivity contribution in [2.45, 2.75) is 25.3 Å². The highest BCUT2D eigenvalue weighted by Crippen LogP contribution is 2.24. The normalized spacial score (nSPS) is 17.6. The number of carbonyl (C=O) groups is 1. The molecule has 2 aromatic heterocycles. The van der Waals surface area contributed by atoms with Gasteiger partial charge in [-0.25, -0.2) is 0 Å². The van der Waals surface area contributed by atoms with Gasteiger partial charge in [0.2, 0.25) is 17.7 Å². The summed E-state index contributed by atoms with van der Waals surface area (Å²) in [5, 5.41) is 15.1. The van der Waals surface area contributed by atoms with Gasteiger partial charge in [0, 0.05) is 62.6 Å². The Morgan fingerprint density at radius 2 is 2.10 bits per heavy atom. The van der Waals surface area contributed by atoms with Crippen LogP contribution in [0, 0.1) is 0 Å². The van der Waals surface area contributed by atoms with Crippen LogP contribution < -0.4 is 5.32 Å². The molecule has 1 amide bonds. The minimum Gasteiger partial charge on any atom is -0.421 e. The molecule has 1 aliphatic heterocycles. The zero-order valence-corrected chi connectivity index (χ0v) is 18.7. The fraction of sp³-hybridized carbons (Fsp3) is 0.435. The summed E-state index contributed by atoms with van der Waals surface area (Å²) in [4.78, 5) is 17.1.